The molecule has 0 spiro atoms. The fraction of sp³-hybridized carbons (Fsp3) is 1.00. The van der Waals surface area contributed by atoms with Gasteiger partial charge in [-0.25, -0.2) is 0 Å². The Morgan fingerprint density at radius 3 is 2.17 bits per heavy atom. The summed E-state index contributed by atoms with van der Waals surface area (Å²) in [5.41, 5.74) is 6.69. The molecule has 1 fully saturated rings. The van der Waals surface area contributed by atoms with Crippen molar-refractivity contribution in [2.24, 2.45) is 11.7 Å². The number of morpholine rings is 1. The maximum absolute atomic E-state index is 6.56. The second-order valence-electron chi connectivity index (χ2n) is 5.83. The summed E-state index contributed by atoms with van der Waals surface area (Å²) in [6, 6.07) is 0.269. The highest BCUT2D eigenvalue weighted by Crippen LogP contribution is 2.28. The van der Waals surface area contributed by atoms with E-state index in [1.807, 2.05) is 0 Å². The van der Waals surface area contributed by atoms with Gasteiger partial charge in [0.1, 0.15) is 0 Å². The second-order valence-corrected chi connectivity index (χ2v) is 5.83. The van der Waals surface area contributed by atoms with E-state index in [2.05, 4.69) is 32.6 Å². The lowest BCUT2D eigenvalue weighted by Crippen LogP contribution is -2.60. The standard InChI is InChI=1S/C15H32N2O/c1-5-13(6-2)12-14(16)15(4,7-3)17-8-10-18-11-9-17/h13-14H,5-12,16H2,1-4H3. The van der Waals surface area contributed by atoms with Gasteiger partial charge >= 0.3 is 0 Å². The number of ether oxygens (including phenoxy) is 1. The molecule has 1 rings (SSSR count). The molecule has 1 aliphatic heterocycles. The van der Waals surface area contributed by atoms with Crippen molar-refractivity contribution in [2.75, 3.05) is 26.3 Å². The minimum Gasteiger partial charge on any atom is -0.379 e. The van der Waals surface area contributed by atoms with E-state index < -0.39 is 0 Å². The van der Waals surface area contributed by atoms with Crippen LogP contribution in [0.25, 0.3) is 0 Å². The maximum Gasteiger partial charge on any atom is 0.0594 e. The van der Waals surface area contributed by atoms with Crippen LogP contribution in [-0.2, 0) is 4.74 Å². The summed E-state index contributed by atoms with van der Waals surface area (Å²) in [5, 5.41) is 0. The molecule has 3 heteroatoms. The Morgan fingerprint density at radius 2 is 1.72 bits per heavy atom. The van der Waals surface area contributed by atoms with Gasteiger partial charge in [0.2, 0.25) is 0 Å². The molecule has 1 saturated heterocycles. The average Bonchev–Trinajstić information content (AvgIpc) is 2.44. The third-order valence-corrected chi connectivity index (χ3v) is 4.99. The van der Waals surface area contributed by atoms with Gasteiger partial charge in [-0.05, 0) is 25.7 Å². The first-order valence-electron chi connectivity index (χ1n) is 7.66. The summed E-state index contributed by atoms with van der Waals surface area (Å²) in [6.45, 7) is 12.9. The molecule has 108 valence electrons. The summed E-state index contributed by atoms with van der Waals surface area (Å²) < 4.78 is 5.46. The van der Waals surface area contributed by atoms with Gasteiger partial charge in [0.15, 0.2) is 0 Å². The SMILES string of the molecule is CCC(CC)CC(N)C(C)(CC)N1CCOCC1. The van der Waals surface area contributed by atoms with Crippen molar-refractivity contribution in [1.29, 1.82) is 0 Å². The summed E-state index contributed by atoms with van der Waals surface area (Å²) >= 11 is 0. The molecule has 0 aromatic rings. The monoisotopic (exact) mass is 256 g/mol. The lowest BCUT2D eigenvalue weighted by molar-refractivity contribution is -0.0301. The molecule has 2 unspecified atom stereocenters. The smallest absolute Gasteiger partial charge is 0.0594 e. The molecule has 2 atom stereocenters. The lowest BCUT2D eigenvalue weighted by atomic mass is 9.81. The van der Waals surface area contributed by atoms with Crippen LogP contribution in [0.5, 0.6) is 0 Å². The second kappa shape index (κ2) is 7.46. The third-order valence-electron chi connectivity index (χ3n) is 4.99. The minimum atomic E-state index is 0.131. The fourth-order valence-electron chi connectivity index (χ4n) is 3.03. The van der Waals surface area contributed by atoms with Crippen LogP contribution in [0.4, 0.5) is 0 Å². The van der Waals surface area contributed by atoms with Crippen LogP contribution in [0.1, 0.15) is 53.4 Å². The van der Waals surface area contributed by atoms with Crippen molar-refractivity contribution in [3.63, 3.8) is 0 Å². The number of hydrogen-bond donors (Lipinski definition) is 1. The number of rotatable bonds is 7. The van der Waals surface area contributed by atoms with Crippen LogP contribution in [0, 0.1) is 5.92 Å². The van der Waals surface area contributed by atoms with Crippen molar-refractivity contribution in [1.82, 2.24) is 4.90 Å². The lowest BCUT2D eigenvalue weighted by Gasteiger charge is -2.47. The Balaban J connectivity index is 2.66. The highest BCUT2D eigenvalue weighted by atomic mass is 16.5. The predicted molar refractivity (Wildman–Crippen MR) is 77.8 cm³/mol. The highest BCUT2D eigenvalue weighted by Gasteiger charge is 2.37. The van der Waals surface area contributed by atoms with Crippen molar-refractivity contribution in [2.45, 2.75) is 65.0 Å². The Kier molecular flexibility index (Phi) is 6.61. The molecule has 0 radical (unpaired) electrons. The zero-order valence-corrected chi connectivity index (χ0v) is 12.7. The van der Waals surface area contributed by atoms with Gasteiger partial charge in [-0.1, -0.05) is 33.6 Å². The van der Waals surface area contributed by atoms with Crippen LogP contribution in [0.2, 0.25) is 0 Å². The van der Waals surface area contributed by atoms with Crippen molar-refractivity contribution in [3.05, 3.63) is 0 Å². The van der Waals surface area contributed by atoms with E-state index in [1.165, 1.54) is 12.8 Å². The predicted octanol–water partition coefficient (Wildman–Crippen LogP) is 2.64. The normalized spacial score (nSPS) is 23.0. The van der Waals surface area contributed by atoms with E-state index in [1.54, 1.807) is 0 Å². The third kappa shape index (κ3) is 3.69. The summed E-state index contributed by atoms with van der Waals surface area (Å²) in [7, 11) is 0. The van der Waals surface area contributed by atoms with Crippen LogP contribution in [0.3, 0.4) is 0 Å². The average molecular weight is 256 g/mol. The van der Waals surface area contributed by atoms with Gasteiger partial charge in [0.05, 0.1) is 13.2 Å². The maximum atomic E-state index is 6.56. The van der Waals surface area contributed by atoms with E-state index >= 15 is 0 Å². The largest absolute Gasteiger partial charge is 0.379 e. The van der Waals surface area contributed by atoms with E-state index in [-0.39, 0.29) is 11.6 Å². The first kappa shape index (κ1) is 15.9. The van der Waals surface area contributed by atoms with Gasteiger partial charge in [-0.2, -0.15) is 0 Å². The molecule has 18 heavy (non-hydrogen) atoms. The molecule has 0 bridgehead atoms. The quantitative estimate of drug-likeness (QED) is 0.761. The Hall–Kier alpha value is -0.120. The first-order valence-corrected chi connectivity index (χ1v) is 7.66. The fourth-order valence-corrected chi connectivity index (χ4v) is 3.03. The minimum absolute atomic E-state index is 0.131. The van der Waals surface area contributed by atoms with E-state index in [0.29, 0.717) is 0 Å². The molecule has 3 nitrogen and oxygen atoms in total. The topological polar surface area (TPSA) is 38.5 Å². The van der Waals surface area contributed by atoms with Crippen LogP contribution >= 0.6 is 0 Å². The summed E-state index contributed by atoms with van der Waals surface area (Å²) in [5.74, 6) is 0.770. The molecule has 0 aromatic heterocycles. The Bertz CT molecular complexity index is 225. The Labute approximate surface area is 113 Å². The van der Waals surface area contributed by atoms with Gasteiger partial charge in [-0.3, -0.25) is 4.90 Å². The Morgan fingerprint density at radius 1 is 1.17 bits per heavy atom. The van der Waals surface area contributed by atoms with Crippen LogP contribution in [-0.4, -0.2) is 42.8 Å². The van der Waals surface area contributed by atoms with Gasteiger partial charge in [0, 0.05) is 24.7 Å². The van der Waals surface area contributed by atoms with Crippen molar-refractivity contribution < 1.29 is 4.74 Å². The molecule has 0 aromatic carbocycles. The zero-order valence-electron chi connectivity index (χ0n) is 12.7. The molecule has 2 N–H and O–H groups in total. The van der Waals surface area contributed by atoms with Crippen LogP contribution in [0.15, 0.2) is 0 Å². The highest BCUT2D eigenvalue weighted by molar-refractivity contribution is 4.96. The molecule has 0 saturated carbocycles. The number of nitrogens with zero attached hydrogens (tertiary/aromatic N) is 1. The molecule has 0 amide bonds. The molecule has 1 aliphatic rings. The van der Waals surface area contributed by atoms with Crippen LogP contribution < -0.4 is 5.73 Å². The van der Waals surface area contributed by atoms with Crippen molar-refractivity contribution in [3.8, 4) is 0 Å². The van der Waals surface area contributed by atoms with E-state index in [4.69, 9.17) is 10.5 Å². The molecule has 0 aliphatic carbocycles. The van der Waals surface area contributed by atoms with E-state index in [9.17, 15) is 0 Å². The summed E-state index contributed by atoms with van der Waals surface area (Å²) in [6.07, 6.45) is 4.75. The summed E-state index contributed by atoms with van der Waals surface area (Å²) in [4.78, 5) is 2.55. The molecular formula is C15H32N2O. The zero-order chi connectivity index (χ0) is 13.6. The van der Waals surface area contributed by atoms with Crippen molar-refractivity contribution >= 4 is 0 Å². The van der Waals surface area contributed by atoms with Gasteiger partial charge in [-0.15, -0.1) is 0 Å². The molecular weight excluding hydrogens is 224 g/mol. The number of hydrogen-bond acceptors (Lipinski definition) is 3. The molecule has 1 heterocycles. The first-order chi connectivity index (χ1) is 8.58. The van der Waals surface area contributed by atoms with Gasteiger partial charge in [0.25, 0.3) is 0 Å². The van der Waals surface area contributed by atoms with Gasteiger partial charge < -0.3 is 10.5 Å². The van der Waals surface area contributed by atoms with E-state index in [0.717, 1.165) is 45.1 Å². The number of nitrogens with two attached hydrogens (primary N) is 1.